The second-order valence-corrected chi connectivity index (χ2v) is 7.77. The predicted octanol–water partition coefficient (Wildman–Crippen LogP) is 1.13. The summed E-state index contributed by atoms with van der Waals surface area (Å²) in [7, 11) is 0. The summed E-state index contributed by atoms with van der Waals surface area (Å²) in [5.74, 6) is 0.981. The van der Waals surface area contributed by atoms with Gasteiger partial charge in [0.15, 0.2) is 5.82 Å². The average Bonchev–Trinajstić information content (AvgIpc) is 3.31. The molecule has 8 heteroatoms. The van der Waals surface area contributed by atoms with E-state index in [0.29, 0.717) is 6.54 Å². The Morgan fingerprint density at radius 2 is 1.93 bits per heavy atom. The maximum Gasteiger partial charge on any atom is 0.267 e. The molecule has 1 fully saturated rings. The summed E-state index contributed by atoms with van der Waals surface area (Å²) >= 11 is 0. The lowest BCUT2D eigenvalue weighted by molar-refractivity contribution is 0.242. The molecule has 1 N–H and O–H groups in total. The van der Waals surface area contributed by atoms with Gasteiger partial charge in [0.2, 0.25) is 0 Å². The Hall–Kier alpha value is -2.74. The van der Waals surface area contributed by atoms with Gasteiger partial charge in [-0.15, -0.1) is 0 Å². The fourth-order valence-corrected chi connectivity index (χ4v) is 4.32. The molecule has 1 saturated heterocycles. The predicted molar refractivity (Wildman–Crippen MR) is 108 cm³/mol. The summed E-state index contributed by atoms with van der Waals surface area (Å²) in [6.07, 6.45) is 4.75. The third kappa shape index (κ3) is 3.17. The van der Waals surface area contributed by atoms with Crippen molar-refractivity contribution in [2.75, 3.05) is 37.6 Å². The van der Waals surface area contributed by atoms with Crippen molar-refractivity contribution < 1.29 is 0 Å². The summed E-state index contributed by atoms with van der Waals surface area (Å²) in [5.41, 5.74) is 5.37. The number of piperazine rings is 1. The van der Waals surface area contributed by atoms with Crippen LogP contribution in [0.4, 0.5) is 5.82 Å². The van der Waals surface area contributed by atoms with E-state index in [1.165, 1.54) is 0 Å². The van der Waals surface area contributed by atoms with Crippen LogP contribution in [0.25, 0.3) is 11.0 Å². The quantitative estimate of drug-likeness (QED) is 0.732. The van der Waals surface area contributed by atoms with Gasteiger partial charge in [-0.25, -0.2) is 14.6 Å². The highest BCUT2D eigenvalue weighted by atomic mass is 16.1. The molecule has 3 aromatic rings. The van der Waals surface area contributed by atoms with Crippen LogP contribution < -0.4 is 10.5 Å². The molecule has 146 valence electrons. The molecule has 0 bridgehead atoms. The minimum Gasteiger partial charge on any atom is -0.354 e. The van der Waals surface area contributed by atoms with Crippen molar-refractivity contribution in [2.24, 2.45) is 0 Å². The molecule has 0 saturated carbocycles. The molecule has 4 heterocycles. The fraction of sp³-hybridized carbons (Fsp3) is 0.500. The molecule has 5 rings (SSSR count). The molecule has 0 unspecified atom stereocenters. The van der Waals surface area contributed by atoms with Crippen LogP contribution in [0, 0.1) is 6.92 Å². The fourth-order valence-electron chi connectivity index (χ4n) is 4.32. The summed E-state index contributed by atoms with van der Waals surface area (Å²) in [6, 6.07) is 3.84. The first-order valence-electron chi connectivity index (χ1n) is 10.0. The first-order chi connectivity index (χ1) is 13.7. The van der Waals surface area contributed by atoms with Crippen molar-refractivity contribution in [2.45, 2.75) is 32.7 Å². The minimum absolute atomic E-state index is 0.0322. The second-order valence-electron chi connectivity index (χ2n) is 7.77. The van der Waals surface area contributed by atoms with Crippen molar-refractivity contribution in [3.63, 3.8) is 0 Å². The average molecular weight is 379 g/mol. The lowest BCUT2D eigenvalue weighted by Crippen LogP contribution is -2.48. The first-order valence-corrected chi connectivity index (χ1v) is 10.0. The molecule has 1 aliphatic heterocycles. The summed E-state index contributed by atoms with van der Waals surface area (Å²) in [4.78, 5) is 29.2. The van der Waals surface area contributed by atoms with E-state index in [1.54, 1.807) is 17.1 Å². The van der Waals surface area contributed by atoms with Gasteiger partial charge in [0.1, 0.15) is 11.8 Å². The third-order valence-electron chi connectivity index (χ3n) is 5.86. The number of aromatic nitrogens is 5. The van der Waals surface area contributed by atoms with Crippen LogP contribution >= 0.6 is 0 Å². The van der Waals surface area contributed by atoms with Crippen molar-refractivity contribution in [3.8, 4) is 0 Å². The van der Waals surface area contributed by atoms with Crippen LogP contribution in [-0.2, 0) is 19.4 Å². The van der Waals surface area contributed by atoms with Crippen molar-refractivity contribution >= 4 is 16.9 Å². The van der Waals surface area contributed by atoms with Gasteiger partial charge in [0.05, 0.1) is 17.8 Å². The highest BCUT2D eigenvalue weighted by molar-refractivity contribution is 5.86. The van der Waals surface area contributed by atoms with Crippen LogP contribution in [0.2, 0.25) is 0 Å². The number of anilines is 1. The Morgan fingerprint density at radius 1 is 1.07 bits per heavy atom. The van der Waals surface area contributed by atoms with Crippen molar-refractivity contribution in [3.05, 3.63) is 45.8 Å². The van der Waals surface area contributed by atoms with Crippen molar-refractivity contribution in [1.82, 2.24) is 29.6 Å². The number of fused-ring (bicyclic) bond motifs is 2. The molecule has 28 heavy (non-hydrogen) atoms. The van der Waals surface area contributed by atoms with E-state index >= 15 is 0 Å². The van der Waals surface area contributed by atoms with E-state index in [0.717, 1.165) is 85.8 Å². The zero-order valence-corrected chi connectivity index (χ0v) is 16.2. The van der Waals surface area contributed by atoms with Gasteiger partial charge in [0.25, 0.3) is 5.56 Å². The van der Waals surface area contributed by atoms with E-state index in [1.807, 2.05) is 6.92 Å². The Labute approximate surface area is 163 Å². The summed E-state index contributed by atoms with van der Waals surface area (Å²) < 4.78 is 1.65. The molecule has 2 aliphatic rings. The molecule has 0 radical (unpaired) electrons. The number of rotatable bonds is 4. The smallest absolute Gasteiger partial charge is 0.267 e. The highest BCUT2D eigenvalue weighted by Gasteiger charge is 2.21. The van der Waals surface area contributed by atoms with E-state index < -0.39 is 0 Å². The Morgan fingerprint density at radius 3 is 2.79 bits per heavy atom. The molecule has 0 spiro atoms. The number of nitrogens with one attached hydrogen (secondary N) is 1. The van der Waals surface area contributed by atoms with Crippen LogP contribution in [0.5, 0.6) is 0 Å². The van der Waals surface area contributed by atoms with E-state index in [9.17, 15) is 4.79 Å². The van der Waals surface area contributed by atoms with Gasteiger partial charge in [-0.1, -0.05) is 0 Å². The van der Waals surface area contributed by atoms with Gasteiger partial charge in [-0.3, -0.25) is 9.69 Å². The number of hydrogen-bond donors (Lipinski definition) is 1. The maximum absolute atomic E-state index is 12.3. The lowest BCUT2D eigenvalue weighted by atomic mass is 10.2. The van der Waals surface area contributed by atoms with Crippen LogP contribution in [-0.4, -0.2) is 62.4 Å². The molecule has 0 atom stereocenters. The van der Waals surface area contributed by atoms with Crippen LogP contribution in [0.15, 0.2) is 23.3 Å². The second kappa shape index (κ2) is 7.01. The van der Waals surface area contributed by atoms with Gasteiger partial charge >= 0.3 is 0 Å². The minimum atomic E-state index is 0.0322. The zero-order valence-electron chi connectivity index (χ0n) is 16.2. The van der Waals surface area contributed by atoms with Gasteiger partial charge in [-0.05, 0) is 37.8 Å². The third-order valence-corrected chi connectivity index (χ3v) is 5.86. The molecule has 0 amide bonds. The van der Waals surface area contributed by atoms with Gasteiger partial charge in [0, 0.05) is 44.5 Å². The van der Waals surface area contributed by atoms with E-state index in [2.05, 4.69) is 35.9 Å². The molecular formula is C20H25N7O. The van der Waals surface area contributed by atoms with Gasteiger partial charge in [-0.2, -0.15) is 5.10 Å². The van der Waals surface area contributed by atoms with Crippen LogP contribution in [0.1, 0.15) is 23.4 Å². The van der Waals surface area contributed by atoms with E-state index in [4.69, 9.17) is 0 Å². The lowest BCUT2D eigenvalue weighted by Gasteiger charge is -2.35. The topological polar surface area (TPSA) is 82.9 Å². The highest BCUT2D eigenvalue weighted by Crippen LogP contribution is 2.23. The Bertz CT molecular complexity index is 1060. The standard InChI is InChI=1S/C20H25N7O/c1-14-11-17-19(23-14)20(22-13-21-17)26-8-5-25(6-9-26)7-10-27-18(28)12-15-3-2-4-16(15)24-27/h11-13,23H,2-10H2,1H3. The molecule has 8 nitrogen and oxygen atoms in total. The SMILES string of the molecule is Cc1cc2ncnc(N3CCN(CCn4nc5c(cc4=O)CCC5)CC3)c2[nH]1. The maximum atomic E-state index is 12.3. The molecular weight excluding hydrogens is 354 g/mol. The van der Waals surface area contributed by atoms with Crippen LogP contribution in [0.3, 0.4) is 0 Å². The largest absolute Gasteiger partial charge is 0.354 e. The summed E-state index contributed by atoms with van der Waals surface area (Å²) in [6.45, 7) is 7.27. The monoisotopic (exact) mass is 379 g/mol. The van der Waals surface area contributed by atoms with Crippen molar-refractivity contribution in [1.29, 1.82) is 0 Å². The molecule has 0 aromatic carbocycles. The number of hydrogen-bond acceptors (Lipinski definition) is 6. The first kappa shape index (κ1) is 17.4. The number of nitrogens with zero attached hydrogens (tertiary/aromatic N) is 6. The number of aromatic amines is 1. The number of H-pyrrole nitrogens is 1. The number of aryl methyl sites for hydroxylation is 3. The zero-order chi connectivity index (χ0) is 19.1. The normalized spacial score (nSPS) is 17.4. The Kier molecular flexibility index (Phi) is 4.35. The summed E-state index contributed by atoms with van der Waals surface area (Å²) in [5, 5.41) is 4.58. The van der Waals surface area contributed by atoms with E-state index in [-0.39, 0.29) is 5.56 Å². The molecule has 1 aliphatic carbocycles. The Balaban J connectivity index is 1.22. The molecule has 3 aromatic heterocycles. The van der Waals surface area contributed by atoms with Gasteiger partial charge < -0.3 is 9.88 Å².